The Kier molecular flexibility index (Phi) is 3.90. The van der Waals surface area contributed by atoms with Crippen molar-refractivity contribution >= 4 is 17.6 Å². The van der Waals surface area contributed by atoms with Gasteiger partial charge in [-0.25, -0.2) is 4.79 Å². The molecule has 0 radical (unpaired) electrons. The summed E-state index contributed by atoms with van der Waals surface area (Å²) in [6.07, 6.45) is -0.980. The van der Waals surface area contributed by atoms with E-state index in [9.17, 15) is 19.7 Å². The summed E-state index contributed by atoms with van der Waals surface area (Å²) < 4.78 is 11.2. The molecule has 0 amide bonds. The van der Waals surface area contributed by atoms with Crippen molar-refractivity contribution in [2.24, 2.45) is 5.41 Å². The number of cyclic esters (lactones) is 1. The van der Waals surface area contributed by atoms with Crippen LogP contribution in [0.5, 0.6) is 0 Å². The molecule has 22 heavy (non-hydrogen) atoms. The first kappa shape index (κ1) is 15.9. The van der Waals surface area contributed by atoms with Gasteiger partial charge in [0.1, 0.15) is 24.5 Å². The number of hydrogen-bond donors (Lipinski definition) is 0. The number of hydrogen-bond acceptors (Lipinski definition) is 7. The van der Waals surface area contributed by atoms with Crippen LogP contribution >= 0.6 is 0 Å². The second kappa shape index (κ2) is 5.39. The van der Waals surface area contributed by atoms with Crippen molar-refractivity contribution in [2.75, 3.05) is 6.61 Å². The average Bonchev–Trinajstić information content (AvgIpc) is 2.80. The molecule has 0 saturated carbocycles. The van der Waals surface area contributed by atoms with Crippen molar-refractivity contribution in [1.82, 2.24) is 9.78 Å². The summed E-state index contributed by atoms with van der Waals surface area (Å²) in [4.78, 5) is 33.9. The second-order valence-corrected chi connectivity index (χ2v) is 5.90. The molecule has 1 aliphatic rings. The van der Waals surface area contributed by atoms with Gasteiger partial charge in [-0.2, -0.15) is 5.10 Å². The van der Waals surface area contributed by atoms with Crippen LogP contribution in [0, 0.1) is 29.4 Å². The van der Waals surface area contributed by atoms with Gasteiger partial charge in [-0.15, -0.1) is 0 Å². The van der Waals surface area contributed by atoms with Crippen molar-refractivity contribution in [3.8, 4) is 0 Å². The lowest BCUT2D eigenvalue weighted by Gasteiger charge is -2.21. The van der Waals surface area contributed by atoms with Gasteiger partial charge in [0.25, 0.3) is 0 Å². The Bertz CT molecular complexity index is 648. The van der Waals surface area contributed by atoms with E-state index in [1.54, 1.807) is 13.8 Å². The Morgan fingerprint density at radius 3 is 2.64 bits per heavy atom. The van der Waals surface area contributed by atoms with E-state index >= 15 is 0 Å². The van der Waals surface area contributed by atoms with Gasteiger partial charge in [-0.3, -0.25) is 19.6 Å². The van der Waals surface area contributed by atoms with Gasteiger partial charge in [0.05, 0.1) is 4.92 Å². The lowest BCUT2D eigenvalue weighted by Crippen LogP contribution is -2.36. The second-order valence-electron chi connectivity index (χ2n) is 5.90. The number of carbonyl (C=O) groups is 2. The Morgan fingerprint density at radius 1 is 1.55 bits per heavy atom. The molecule has 0 bridgehead atoms. The Balaban J connectivity index is 2.12. The zero-order chi connectivity index (χ0) is 16.7. The van der Waals surface area contributed by atoms with Crippen LogP contribution in [0.25, 0.3) is 0 Å². The summed E-state index contributed by atoms with van der Waals surface area (Å²) in [6.45, 7) is 6.37. The number of carbonyl (C=O) groups excluding carboxylic acids is 2. The third kappa shape index (κ3) is 2.78. The van der Waals surface area contributed by atoms with Gasteiger partial charge in [0.15, 0.2) is 0 Å². The van der Waals surface area contributed by atoms with Crippen molar-refractivity contribution in [2.45, 2.75) is 40.3 Å². The number of esters is 2. The SMILES string of the molecule is Cc1nn(CC(=O)O[C@@H]2C(=O)OCC2(C)C)c(C)c1[N+](=O)[O-]. The number of aryl methyl sites for hydroxylation is 1. The third-order valence-electron chi connectivity index (χ3n) is 3.56. The van der Waals surface area contributed by atoms with E-state index < -0.39 is 28.4 Å². The minimum Gasteiger partial charge on any atom is -0.462 e. The molecule has 0 aromatic carbocycles. The molecule has 0 unspecified atom stereocenters. The number of nitrogens with zero attached hydrogens (tertiary/aromatic N) is 3. The van der Waals surface area contributed by atoms with Crippen LogP contribution in [0.15, 0.2) is 0 Å². The number of rotatable bonds is 4. The highest BCUT2D eigenvalue weighted by Gasteiger charge is 2.46. The summed E-state index contributed by atoms with van der Waals surface area (Å²) in [5.41, 5.74) is -0.259. The summed E-state index contributed by atoms with van der Waals surface area (Å²) in [5.74, 6) is -1.28. The van der Waals surface area contributed by atoms with Gasteiger partial charge in [0, 0.05) is 5.41 Å². The van der Waals surface area contributed by atoms with E-state index in [2.05, 4.69) is 5.10 Å². The molecule has 2 rings (SSSR count). The summed E-state index contributed by atoms with van der Waals surface area (Å²) in [5, 5.41) is 14.9. The van der Waals surface area contributed by atoms with Crippen LogP contribution in [0.1, 0.15) is 25.2 Å². The van der Waals surface area contributed by atoms with E-state index in [1.165, 1.54) is 18.5 Å². The van der Waals surface area contributed by atoms with Crippen LogP contribution in [0.4, 0.5) is 5.69 Å². The fraction of sp³-hybridized carbons (Fsp3) is 0.615. The maximum Gasteiger partial charge on any atom is 0.348 e. The smallest absolute Gasteiger partial charge is 0.348 e. The topological polar surface area (TPSA) is 114 Å². The quantitative estimate of drug-likeness (QED) is 0.461. The van der Waals surface area contributed by atoms with E-state index in [0.717, 1.165) is 0 Å². The highest BCUT2D eigenvalue weighted by Crippen LogP contribution is 2.31. The van der Waals surface area contributed by atoms with Gasteiger partial charge in [-0.05, 0) is 13.8 Å². The summed E-state index contributed by atoms with van der Waals surface area (Å²) in [7, 11) is 0. The van der Waals surface area contributed by atoms with Gasteiger partial charge in [0.2, 0.25) is 6.10 Å². The molecule has 120 valence electrons. The molecule has 0 spiro atoms. The molecule has 1 aliphatic heterocycles. The fourth-order valence-electron chi connectivity index (χ4n) is 2.33. The lowest BCUT2D eigenvalue weighted by molar-refractivity contribution is -0.386. The molecular weight excluding hydrogens is 294 g/mol. The molecular formula is C13H17N3O6. The average molecular weight is 311 g/mol. The van der Waals surface area contributed by atoms with Crippen LogP contribution in [0.2, 0.25) is 0 Å². The Morgan fingerprint density at radius 2 is 2.18 bits per heavy atom. The number of aromatic nitrogens is 2. The van der Waals surface area contributed by atoms with E-state index in [1.807, 2.05) is 0 Å². The molecule has 9 nitrogen and oxygen atoms in total. The first-order chi connectivity index (χ1) is 10.1. The van der Waals surface area contributed by atoms with Crippen LogP contribution in [-0.2, 0) is 25.6 Å². The lowest BCUT2D eigenvalue weighted by atomic mass is 9.90. The Labute approximate surface area is 126 Å². The largest absolute Gasteiger partial charge is 0.462 e. The number of nitro groups is 1. The first-order valence-electron chi connectivity index (χ1n) is 6.68. The first-order valence-corrected chi connectivity index (χ1v) is 6.68. The highest BCUT2D eigenvalue weighted by molar-refractivity contribution is 5.81. The van der Waals surface area contributed by atoms with Crippen LogP contribution in [-0.4, -0.2) is 39.4 Å². The standard InChI is InChI=1S/C13H17N3O6/c1-7-10(16(19)20)8(2)15(14-7)5-9(17)22-11-12(18)21-6-13(11,3)4/h11H,5-6H2,1-4H3/t11-/m1/s1. The third-order valence-corrected chi connectivity index (χ3v) is 3.56. The highest BCUT2D eigenvalue weighted by atomic mass is 16.6. The van der Waals surface area contributed by atoms with Crippen molar-refractivity contribution < 1.29 is 24.0 Å². The summed E-state index contributed by atoms with van der Waals surface area (Å²) in [6, 6.07) is 0. The molecule has 9 heteroatoms. The molecule has 0 aliphatic carbocycles. The summed E-state index contributed by atoms with van der Waals surface area (Å²) >= 11 is 0. The zero-order valence-electron chi connectivity index (χ0n) is 12.8. The molecule has 1 saturated heterocycles. The van der Waals surface area contributed by atoms with E-state index in [-0.39, 0.29) is 30.2 Å². The molecule has 0 N–H and O–H groups in total. The van der Waals surface area contributed by atoms with E-state index in [4.69, 9.17) is 9.47 Å². The van der Waals surface area contributed by atoms with Gasteiger partial charge < -0.3 is 9.47 Å². The van der Waals surface area contributed by atoms with Gasteiger partial charge in [-0.1, -0.05) is 13.8 Å². The minimum atomic E-state index is -0.980. The van der Waals surface area contributed by atoms with Crippen molar-refractivity contribution in [1.29, 1.82) is 0 Å². The zero-order valence-corrected chi connectivity index (χ0v) is 12.8. The van der Waals surface area contributed by atoms with Crippen molar-refractivity contribution in [3.63, 3.8) is 0 Å². The fourth-order valence-corrected chi connectivity index (χ4v) is 2.33. The maximum absolute atomic E-state index is 12.0. The van der Waals surface area contributed by atoms with Crippen molar-refractivity contribution in [3.05, 3.63) is 21.5 Å². The minimum absolute atomic E-state index is 0.131. The van der Waals surface area contributed by atoms with E-state index in [0.29, 0.717) is 0 Å². The molecule has 2 heterocycles. The maximum atomic E-state index is 12.0. The predicted octanol–water partition coefficient (Wildman–Crippen LogP) is 0.903. The van der Waals surface area contributed by atoms with Crippen LogP contribution in [0.3, 0.4) is 0 Å². The van der Waals surface area contributed by atoms with Gasteiger partial charge >= 0.3 is 17.6 Å². The molecule has 1 fully saturated rings. The molecule has 1 aromatic heterocycles. The molecule has 1 atom stereocenters. The number of ether oxygens (including phenoxy) is 2. The molecule has 1 aromatic rings. The predicted molar refractivity (Wildman–Crippen MR) is 73.0 cm³/mol. The Hall–Kier alpha value is -2.45. The monoisotopic (exact) mass is 311 g/mol. The normalized spacial score (nSPS) is 19.8. The van der Waals surface area contributed by atoms with Crippen LogP contribution < -0.4 is 0 Å².